The summed E-state index contributed by atoms with van der Waals surface area (Å²) < 4.78 is 0. The number of rotatable bonds is 3. The summed E-state index contributed by atoms with van der Waals surface area (Å²) in [6, 6.07) is 14.6. The molecule has 1 unspecified atom stereocenters. The van der Waals surface area contributed by atoms with Crippen molar-refractivity contribution in [1.82, 2.24) is 10.6 Å². The lowest BCUT2D eigenvalue weighted by Gasteiger charge is -2.27. The Balaban J connectivity index is 0.00000121. The highest BCUT2D eigenvalue weighted by Gasteiger charge is 2.21. The molecule has 4 nitrogen and oxygen atoms in total. The van der Waals surface area contributed by atoms with Gasteiger partial charge in [0.2, 0.25) is 0 Å². The molecule has 0 saturated carbocycles. The Labute approximate surface area is 167 Å². The van der Waals surface area contributed by atoms with E-state index in [-0.39, 0.29) is 36.8 Å². The van der Waals surface area contributed by atoms with Gasteiger partial charge in [0.05, 0.1) is 0 Å². The van der Waals surface area contributed by atoms with Gasteiger partial charge < -0.3 is 16.0 Å². The Bertz CT molecular complexity index is 766. The number of hydrogen-bond donors (Lipinski definition) is 3. The zero-order valence-corrected chi connectivity index (χ0v) is 16.2. The van der Waals surface area contributed by atoms with Gasteiger partial charge >= 0.3 is 0 Å². The molecule has 2 aliphatic rings. The van der Waals surface area contributed by atoms with E-state index in [4.69, 9.17) is 0 Å². The maximum absolute atomic E-state index is 12.7. The first-order valence-corrected chi connectivity index (χ1v) is 8.78. The molecule has 140 valence electrons. The SMILES string of the molecule is Cl.Cl.O=C(NCC1NCCc2ccccc21)c1cccc2c1CCCN2. The molecule has 1 amide bonds. The Kier molecular flexibility index (Phi) is 7.33. The molecular formula is C20H25Cl2N3O. The van der Waals surface area contributed by atoms with E-state index < -0.39 is 0 Å². The number of anilines is 1. The van der Waals surface area contributed by atoms with Gasteiger partial charge in [-0.3, -0.25) is 4.79 Å². The summed E-state index contributed by atoms with van der Waals surface area (Å²) in [6.07, 6.45) is 3.10. The number of nitrogens with one attached hydrogen (secondary N) is 3. The van der Waals surface area contributed by atoms with Crippen molar-refractivity contribution in [3.05, 3.63) is 64.7 Å². The van der Waals surface area contributed by atoms with E-state index in [1.807, 2.05) is 12.1 Å². The van der Waals surface area contributed by atoms with Crippen molar-refractivity contribution in [3.63, 3.8) is 0 Å². The van der Waals surface area contributed by atoms with Gasteiger partial charge in [0, 0.05) is 30.4 Å². The lowest BCUT2D eigenvalue weighted by Crippen LogP contribution is -2.39. The average molecular weight is 394 g/mol. The lowest BCUT2D eigenvalue weighted by molar-refractivity contribution is 0.0948. The quantitative estimate of drug-likeness (QED) is 0.747. The van der Waals surface area contributed by atoms with E-state index >= 15 is 0 Å². The highest BCUT2D eigenvalue weighted by molar-refractivity contribution is 5.97. The smallest absolute Gasteiger partial charge is 0.251 e. The predicted octanol–water partition coefficient (Wildman–Crippen LogP) is 3.51. The number of benzene rings is 2. The van der Waals surface area contributed by atoms with Crippen LogP contribution in [0.2, 0.25) is 0 Å². The number of halogens is 2. The monoisotopic (exact) mass is 393 g/mol. The molecule has 0 radical (unpaired) electrons. The second-order valence-electron chi connectivity index (χ2n) is 6.53. The van der Waals surface area contributed by atoms with Crippen LogP contribution in [0.15, 0.2) is 42.5 Å². The summed E-state index contributed by atoms with van der Waals surface area (Å²) in [7, 11) is 0. The van der Waals surface area contributed by atoms with E-state index in [0.29, 0.717) is 6.54 Å². The second kappa shape index (κ2) is 9.26. The lowest BCUT2D eigenvalue weighted by atomic mass is 9.94. The van der Waals surface area contributed by atoms with Crippen molar-refractivity contribution in [2.45, 2.75) is 25.3 Å². The van der Waals surface area contributed by atoms with Gasteiger partial charge in [-0.2, -0.15) is 0 Å². The zero-order valence-electron chi connectivity index (χ0n) is 14.6. The summed E-state index contributed by atoms with van der Waals surface area (Å²) in [4.78, 5) is 12.7. The van der Waals surface area contributed by atoms with Crippen molar-refractivity contribution < 1.29 is 4.79 Å². The minimum absolute atomic E-state index is 0. The Morgan fingerprint density at radius 1 is 1.04 bits per heavy atom. The van der Waals surface area contributed by atoms with Gasteiger partial charge in [-0.25, -0.2) is 0 Å². The topological polar surface area (TPSA) is 53.2 Å². The fourth-order valence-corrected chi connectivity index (χ4v) is 3.79. The molecule has 2 aliphatic heterocycles. The van der Waals surface area contributed by atoms with E-state index in [1.165, 1.54) is 11.1 Å². The van der Waals surface area contributed by atoms with Crippen molar-refractivity contribution >= 4 is 36.4 Å². The average Bonchev–Trinajstić information content (AvgIpc) is 2.65. The molecule has 2 heterocycles. The van der Waals surface area contributed by atoms with Crippen LogP contribution in [0.1, 0.15) is 39.5 Å². The van der Waals surface area contributed by atoms with Gasteiger partial charge in [0.1, 0.15) is 0 Å². The molecule has 6 heteroatoms. The molecule has 4 rings (SSSR count). The number of carbonyl (C=O) groups excluding carboxylic acids is 1. The molecule has 0 saturated heterocycles. The van der Waals surface area contributed by atoms with Crippen LogP contribution < -0.4 is 16.0 Å². The Hall–Kier alpha value is -1.75. The normalized spacial score (nSPS) is 17.5. The molecule has 0 bridgehead atoms. The first kappa shape index (κ1) is 20.6. The first-order valence-electron chi connectivity index (χ1n) is 8.78. The number of amides is 1. The second-order valence-corrected chi connectivity index (χ2v) is 6.53. The zero-order chi connectivity index (χ0) is 16.4. The van der Waals surface area contributed by atoms with Crippen LogP contribution in [0.4, 0.5) is 5.69 Å². The molecule has 0 aromatic heterocycles. The summed E-state index contributed by atoms with van der Waals surface area (Å²) >= 11 is 0. The van der Waals surface area contributed by atoms with Gasteiger partial charge in [-0.15, -0.1) is 24.8 Å². The molecule has 2 aromatic rings. The van der Waals surface area contributed by atoms with Crippen molar-refractivity contribution in [1.29, 1.82) is 0 Å². The molecule has 3 N–H and O–H groups in total. The largest absolute Gasteiger partial charge is 0.385 e. The minimum atomic E-state index is 0. The molecule has 1 atom stereocenters. The number of hydrogen-bond acceptors (Lipinski definition) is 3. The molecule has 26 heavy (non-hydrogen) atoms. The maximum Gasteiger partial charge on any atom is 0.251 e. The van der Waals surface area contributed by atoms with Crippen molar-refractivity contribution in [2.24, 2.45) is 0 Å². The van der Waals surface area contributed by atoms with Gasteiger partial charge in [-0.1, -0.05) is 30.3 Å². The summed E-state index contributed by atoms with van der Waals surface area (Å²) in [5.74, 6) is 0.0282. The van der Waals surface area contributed by atoms with Gasteiger partial charge in [-0.05, 0) is 54.6 Å². The van der Waals surface area contributed by atoms with Crippen LogP contribution >= 0.6 is 24.8 Å². The third-order valence-corrected chi connectivity index (χ3v) is 5.02. The molecule has 0 fully saturated rings. The molecular weight excluding hydrogens is 369 g/mol. The number of fused-ring (bicyclic) bond motifs is 2. The summed E-state index contributed by atoms with van der Waals surface area (Å²) in [6.45, 7) is 2.57. The van der Waals surface area contributed by atoms with Gasteiger partial charge in [0.25, 0.3) is 5.91 Å². The van der Waals surface area contributed by atoms with Crippen molar-refractivity contribution in [3.8, 4) is 0 Å². The molecule has 0 spiro atoms. The predicted molar refractivity (Wildman–Crippen MR) is 111 cm³/mol. The maximum atomic E-state index is 12.7. The van der Waals surface area contributed by atoms with Crippen LogP contribution in [-0.4, -0.2) is 25.5 Å². The Morgan fingerprint density at radius 3 is 2.77 bits per heavy atom. The van der Waals surface area contributed by atoms with E-state index in [9.17, 15) is 4.79 Å². The fourth-order valence-electron chi connectivity index (χ4n) is 3.79. The number of carbonyl (C=O) groups is 1. The van der Waals surface area contributed by atoms with E-state index in [1.54, 1.807) is 0 Å². The standard InChI is InChI=1S/C20H23N3O.2ClH/c24-20(17-7-3-9-18-16(17)8-4-11-21-18)23-13-19-15-6-2-1-5-14(15)10-12-22-19;;/h1-3,5-7,9,19,21-22H,4,8,10-13H2,(H,23,24);2*1H. The fraction of sp³-hybridized carbons (Fsp3) is 0.350. The van der Waals surface area contributed by atoms with E-state index in [2.05, 4.69) is 46.3 Å². The third kappa shape index (κ3) is 4.14. The molecule has 2 aromatic carbocycles. The van der Waals surface area contributed by atoms with Crippen LogP contribution in [0.25, 0.3) is 0 Å². The van der Waals surface area contributed by atoms with E-state index in [0.717, 1.165) is 49.2 Å². The summed E-state index contributed by atoms with van der Waals surface area (Å²) in [5, 5.41) is 10.0. The highest BCUT2D eigenvalue weighted by atomic mass is 35.5. The minimum Gasteiger partial charge on any atom is -0.385 e. The van der Waals surface area contributed by atoms with Crippen LogP contribution in [0.5, 0.6) is 0 Å². The van der Waals surface area contributed by atoms with Crippen LogP contribution in [0, 0.1) is 0 Å². The Morgan fingerprint density at radius 2 is 1.88 bits per heavy atom. The third-order valence-electron chi connectivity index (χ3n) is 5.02. The van der Waals surface area contributed by atoms with Crippen LogP contribution in [-0.2, 0) is 12.8 Å². The van der Waals surface area contributed by atoms with Crippen LogP contribution in [0.3, 0.4) is 0 Å². The highest BCUT2D eigenvalue weighted by Crippen LogP contribution is 2.26. The first-order chi connectivity index (χ1) is 11.8. The summed E-state index contributed by atoms with van der Waals surface area (Å²) in [5.41, 5.74) is 5.76. The van der Waals surface area contributed by atoms with Crippen molar-refractivity contribution in [2.75, 3.05) is 25.0 Å². The van der Waals surface area contributed by atoms with Gasteiger partial charge in [0.15, 0.2) is 0 Å². The molecule has 0 aliphatic carbocycles.